The number of aromatic hydroxyl groups is 1. The second-order valence-electron chi connectivity index (χ2n) is 2.35. The molecule has 1 aromatic rings. The van der Waals surface area contributed by atoms with Crippen molar-refractivity contribution in [3.8, 4) is 5.75 Å². The Morgan fingerprint density at radius 3 is 2.75 bits per heavy atom. The molecule has 1 atom stereocenters. The van der Waals surface area contributed by atoms with Gasteiger partial charge >= 0.3 is 0 Å². The number of benzene rings is 1. The average Bonchev–Trinajstić information content (AvgIpc) is 2.08. The van der Waals surface area contributed by atoms with Crippen LogP contribution in [-0.4, -0.2) is 16.1 Å². The molecule has 0 spiro atoms. The van der Waals surface area contributed by atoms with Crippen molar-refractivity contribution in [3.63, 3.8) is 0 Å². The predicted molar refractivity (Wildman–Crippen MR) is 43.7 cm³/mol. The summed E-state index contributed by atoms with van der Waals surface area (Å²) in [6.45, 7) is 0. The van der Waals surface area contributed by atoms with Crippen molar-refractivity contribution in [2.75, 3.05) is 5.88 Å². The van der Waals surface area contributed by atoms with Crippen LogP contribution in [0.2, 0.25) is 0 Å². The zero-order valence-corrected chi connectivity index (χ0v) is 6.92. The van der Waals surface area contributed by atoms with Crippen molar-refractivity contribution >= 4 is 11.6 Å². The lowest BCUT2D eigenvalue weighted by Gasteiger charge is -2.08. The fraction of sp³-hybridized carbons (Fsp3) is 0.250. The van der Waals surface area contributed by atoms with Crippen LogP contribution in [0.15, 0.2) is 18.2 Å². The maximum absolute atomic E-state index is 12.7. The van der Waals surface area contributed by atoms with Gasteiger partial charge in [0.05, 0.1) is 12.0 Å². The molecule has 0 aromatic heterocycles. The third kappa shape index (κ3) is 1.68. The first-order chi connectivity index (χ1) is 5.66. The summed E-state index contributed by atoms with van der Waals surface area (Å²) in [6.07, 6.45) is -1.03. The molecule has 0 amide bonds. The van der Waals surface area contributed by atoms with Gasteiger partial charge in [-0.3, -0.25) is 0 Å². The monoisotopic (exact) mass is 190 g/mol. The lowest BCUT2D eigenvalue weighted by Crippen LogP contribution is -1.99. The van der Waals surface area contributed by atoms with E-state index in [1.54, 1.807) is 0 Å². The molecule has 2 nitrogen and oxygen atoms in total. The smallest absolute Gasteiger partial charge is 0.165 e. The van der Waals surface area contributed by atoms with Crippen LogP contribution in [0.25, 0.3) is 0 Å². The number of alkyl halides is 1. The van der Waals surface area contributed by atoms with Crippen molar-refractivity contribution in [1.29, 1.82) is 0 Å². The summed E-state index contributed by atoms with van der Waals surface area (Å²) in [5, 5.41) is 18.3. The van der Waals surface area contributed by atoms with E-state index >= 15 is 0 Å². The van der Waals surface area contributed by atoms with Crippen molar-refractivity contribution in [2.24, 2.45) is 0 Å². The van der Waals surface area contributed by atoms with Crippen molar-refractivity contribution < 1.29 is 14.6 Å². The van der Waals surface area contributed by atoms with Gasteiger partial charge in [-0.2, -0.15) is 0 Å². The van der Waals surface area contributed by atoms with E-state index in [4.69, 9.17) is 16.7 Å². The molecule has 4 heteroatoms. The summed E-state index contributed by atoms with van der Waals surface area (Å²) in [5.41, 5.74) is 0.116. The van der Waals surface area contributed by atoms with E-state index in [9.17, 15) is 9.50 Å². The fourth-order valence-corrected chi connectivity index (χ4v) is 1.05. The number of para-hydroxylation sites is 1. The SMILES string of the molecule is Oc1c(F)cccc1C(O)CCl. The largest absolute Gasteiger partial charge is 0.505 e. The van der Waals surface area contributed by atoms with Gasteiger partial charge in [0.15, 0.2) is 11.6 Å². The number of aliphatic hydroxyl groups excluding tert-OH is 1. The fourth-order valence-electron chi connectivity index (χ4n) is 0.884. The van der Waals surface area contributed by atoms with Crippen LogP contribution in [0.3, 0.4) is 0 Å². The summed E-state index contributed by atoms with van der Waals surface area (Å²) in [5.74, 6) is -1.36. The summed E-state index contributed by atoms with van der Waals surface area (Å²) >= 11 is 5.33. The van der Waals surface area contributed by atoms with Gasteiger partial charge in [0, 0.05) is 5.56 Å². The average molecular weight is 191 g/mol. The van der Waals surface area contributed by atoms with E-state index < -0.39 is 17.7 Å². The third-order valence-electron chi connectivity index (χ3n) is 1.52. The lowest BCUT2D eigenvalue weighted by atomic mass is 10.1. The van der Waals surface area contributed by atoms with Gasteiger partial charge in [-0.05, 0) is 6.07 Å². The molecule has 66 valence electrons. The molecule has 0 aliphatic heterocycles. The second kappa shape index (κ2) is 3.74. The van der Waals surface area contributed by atoms with E-state index in [1.165, 1.54) is 12.1 Å². The number of rotatable bonds is 2. The minimum Gasteiger partial charge on any atom is -0.505 e. The molecule has 1 aromatic carbocycles. The second-order valence-corrected chi connectivity index (χ2v) is 2.66. The predicted octanol–water partition coefficient (Wildman–Crippen LogP) is 1.80. The quantitative estimate of drug-likeness (QED) is 0.699. The van der Waals surface area contributed by atoms with Gasteiger partial charge < -0.3 is 10.2 Å². The molecule has 12 heavy (non-hydrogen) atoms. The number of halogens is 2. The van der Waals surface area contributed by atoms with Crippen molar-refractivity contribution in [1.82, 2.24) is 0 Å². The molecule has 0 bridgehead atoms. The Hall–Kier alpha value is -0.800. The van der Waals surface area contributed by atoms with Gasteiger partial charge in [0.25, 0.3) is 0 Å². The highest BCUT2D eigenvalue weighted by Crippen LogP contribution is 2.27. The summed E-state index contributed by atoms with van der Waals surface area (Å²) < 4.78 is 12.7. The highest BCUT2D eigenvalue weighted by atomic mass is 35.5. The van der Waals surface area contributed by atoms with E-state index in [2.05, 4.69) is 0 Å². The van der Waals surface area contributed by atoms with Crippen LogP contribution in [0, 0.1) is 5.82 Å². The first-order valence-electron chi connectivity index (χ1n) is 3.38. The summed E-state index contributed by atoms with van der Waals surface area (Å²) in [7, 11) is 0. The zero-order valence-electron chi connectivity index (χ0n) is 6.17. The summed E-state index contributed by atoms with van der Waals surface area (Å²) in [6, 6.07) is 3.94. The maximum atomic E-state index is 12.7. The van der Waals surface area contributed by atoms with E-state index in [0.29, 0.717) is 0 Å². The molecular formula is C8H8ClFO2. The Balaban J connectivity index is 3.07. The molecule has 1 unspecified atom stereocenters. The van der Waals surface area contributed by atoms with Crippen LogP contribution in [0.5, 0.6) is 5.75 Å². The van der Waals surface area contributed by atoms with Gasteiger partial charge in [-0.25, -0.2) is 4.39 Å². The van der Waals surface area contributed by atoms with Gasteiger partial charge in [0.2, 0.25) is 0 Å². The Bertz CT molecular complexity index is 278. The van der Waals surface area contributed by atoms with Crippen LogP contribution in [0.4, 0.5) is 4.39 Å². The molecule has 0 fully saturated rings. The number of aliphatic hydroxyl groups is 1. The van der Waals surface area contributed by atoms with Crippen LogP contribution >= 0.6 is 11.6 Å². The number of phenols is 1. The van der Waals surface area contributed by atoms with Gasteiger partial charge in [0.1, 0.15) is 0 Å². The Kier molecular flexibility index (Phi) is 2.89. The molecule has 1 rings (SSSR count). The standard InChI is InChI=1S/C8H8ClFO2/c9-4-7(11)5-2-1-3-6(10)8(5)12/h1-3,7,11-12H,4H2. The highest BCUT2D eigenvalue weighted by Gasteiger charge is 2.13. The highest BCUT2D eigenvalue weighted by molar-refractivity contribution is 6.18. The van der Waals surface area contributed by atoms with Gasteiger partial charge in [-0.1, -0.05) is 12.1 Å². The summed E-state index contributed by atoms with van der Waals surface area (Å²) in [4.78, 5) is 0. The molecular weight excluding hydrogens is 183 g/mol. The van der Waals surface area contributed by atoms with Crippen molar-refractivity contribution in [3.05, 3.63) is 29.6 Å². The topological polar surface area (TPSA) is 40.5 Å². The Labute approximate surface area is 74.2 Å². The normalized spacial score (nSPS) is 12.9. The van der Waals surface area contributed by atoms with E-state index in [0.717, 1.165) is 6.07 Å². The number of phenolic OH excluding ortho intramolecular Hbond substituents is 1. The molecule has 0 radical (unpaired) electrons. The minimum absolute atomic E-state index is 0.0724. The zero-order chi connectivity index (χ0) is 9.14. The third-order valence-corrected chi connectivity index (χ3v) is 1.82. The van der Waals surface area contributed by atoms with Crippen molar-refractivity contribution in [2.45, 2.75) is 6.10 Å². The first kappa shape index (κ1) is 9.29. The van der Waals surface area contributed by atoms with Crippen LogP contribution < -0.4 is 0 Å². The number of hydrogen-bond donors (Lipinski definition) is 2. The van der Waals surface area contributed by atoms with Crippen LogP contribution in [0.1, 0.15) is 11.7 Å². The van der Waals surface area contributed by atoms with E-state index in [1.807, 2.05) is 0 Å². The van der Waals surface area contributed by atoms with Gasteiger partial charge in [-0.15, -0.1) is 11.6 Å². The Morgan fingerprint density at radius 1 is 1.50 bits per heavy atom. The maximum Gasteiger partial charge on any atom is 0.165 e. The molecule has 0 saturated heterocycles. The molecule has 0 aliphatic rings. The minimum atomic E-state index is -1.03. The molecule has 2 N–H and O–H groups in total. The van der Waals surface area contributed by atoms with Crippen LogP contribution in [-0.2, 0) is 0 Å². The lowest BCUT2D eigenvalue weighted by molar-refractivity contribution is 0.197. The number of hydrogen-bond acceptors (Lipinski definition) is 2. The molecule has 0 aliphatic carbocycles. The Morgan fingerprint density at radius 2 is 2.17 bits per heavy atom. The first-order valence-corrected chi connectivity index (χ1v) is 3.91. The molecule has 0 heterocycles. The van der Waals surface area contributed by atoms with E-state index in [-0.39, 0.29) is 11.4 Å². The molecule has 0 saturated carbocycles.